The summed E-state index contributed by atoms with van der Waals surface area (Å²) in [6.45, 7) is 2.57. The van der Waals surface area contributed by atoms with Crippen LogP contribution < -0.4 is 20.7 Å². The van der Waals surface area contributed by atoms with E-state index in [2.05, 4.69) is 15.1 Å². The van der Waals surface area contributed by atoms with Crippen molar-refractivity contribution in [2.24, 2.45) is 7.05 Å². The van der Waals surface area contributed by atoms with E-state index in [0.29, 0.717) is 29.4 Å². The van der Waals surface area contributed by atoms with Crippen molar-refractivity contribution in [3.8, 4) is 34.4 Å². The Kier molecular flexibility index (Phi) is 5.20. The van der Waals surface area contributed by atoms with Gasteiger partial charge in [-0.2, -0.15) is 10.1 Å². The largest absolute Gasteiger partial charge is 0.493 e. The van der Waals surface area contributed by atoms with Crippen LogP contribution in [-0.2, 0) is 13.6 Å². The van der Waals surface area contributed by atoms with Crippen molar-refractivity contribution < 1.29 is 9.47 Å². The second-order valence-corrected chi connectivity index (χ2v) is 6.01. The molecule has 2 aliphatic heterocycles. The zero-order valence-electron chi connectivity index (χ0n) is 15.7. The van der Waals surface area contributed by atoms with Gasteiger partial charge in [0.2, 0.25) is 0 Å². The van der Waals surface area contributed by atoms with Crippen LogP contribution in [-0.4, -0.2) is 38.5 Å². The molecule has 1 aromatic rings. The summed E-state index contributed by atoms with van der Waals surface area (Å²) in [6.07, 6.45) is 1.76. The Bertz CT molecular complexity index is 1060. The minimum absolute atomic E-state index is 0.105. The van der Waals surface area contributed by atoms with Gasteiger partial charge in [-0.15, -0.1) is 0 Å². The van der Waals surface area contributed by atoms with E-state index in [-0.39, 0.29) is 11.5 Å². The molecule has 0 bridgehead atoms. The normalized spacial score (nSPS) is 11.0. The van der Waals surface area contributed by atoms with Gasteiger partial charge in [0.15, 0.2) is 28.8 Å². The maximum atomic E-state index is 12.6. The van der Waals surface area contributed by atoms with E-state index in [0.717, 1.165) is 17.4 Å². The number of nitrogens with zero attached hydrogens (tertiary/aromatic N) is 5. The van der Waals surface area contributed by atoms with Crippen molar-refractivity contribution in [1.29, 1.82) is 0 Å². The van der Waals surface area contributed by atoms with Gasteiger partial charge in [-0.1, -0.05) is 13.3 Å². The maximum absolute atomic E-state index is 12.6. The second-order valence-electron chi connectivity index (χ2n) is 6.01. The van der Waals surface area contributed by atoms with Crippen molar-refractivity contribution in [3.63, 3.8) is 0 Å². The maximum Gasteiger partial charge on any atom is 0.352 e. The molecule has 9 heteroatoms. The summed E-state index contributed by atoms with van der Waals surface area (Å²) in [7, 11) is 4.48. The van der Waals surface area contributed by atoms with Gasteiger partial charge in [0.05, 0.1) is 14.2 Å². The van der Waals surface area contributed by atoms with E-state index in [4.69, 9.17) is 9.47 Å². The molecule has 2 heterocycles. The van der Waals surface area contributed by atoms with Gasteiger partial charge in [-0.25, -0.2) is 14.5 Å². The third kappa shape index (κ3) is 3.40. The standard InChI is InChI=1S/C18H21N5O4/c1-5-6-9-23-16-14(17(24)22(2)18(25)20-16)19-15(21-23)11-7-8-12(26-3)13(10-11)27-4/h7-8,10H,5-6,9H2,1-4H3. The van der Waals surface area contributed by atoms with Gasteiger partial charge in [0.25, 0.3) is 5.56 Å². The molecule has 1 aromatic carbocycles. The summed E-state index contributed by atoms with van der Waals surface area (Å²) < 4.78 is 13.1. The number of fused-ring (bicyclic) bond motifs is 1. The van der Waals surface area contributed by atoms with Crippen LogP contribution in [0.1, 0.15) is 19.8 Å². The predicted octanol–water partition coefficient (Wildman–Crippen LogP) is 1.32. The molecule has 0 saturated heterocycles. The topological polar surface area (TPSA) is 101 Å². The number of aryl methyl sites for hydroxylation is 1. The number of unbranched alkanes of at least 4 members (excludes halogenated alkanes) is 1. The number of ether oxygens (including phenoxy) is 2. The van der Waals surface area contributed by atoms with E-state index in [9.17, 15) is 9.59 Å². The Hall–Kier alpha value is -3.23. The molecule has 0 atom stereocenters. The molecule has 0 saturated carbocycles. The lowest BCUT2D eigenvalue weighted by Crippen LogP contribution is -2.37. The van der Waals surface area contributed by atoms with Crippen molar-refractivity contribution >= 4 is 0 Å². The van der Waals surface area contributed by atoms with Crippen LogP contribution in [0.2, 0.25) is 0 Å². The first kappa shape index (κ1) is 18.6. The van der Waals surface area contributed by atoms with Gasteiger partial charge in [-0.05, 0) is 24.6 Å². The third-order valence-electron chi connectivity index (χ3n) is 4.25. The first-order chi connectivity index (χ1) is 13.0. The van der Waals surface area contributed by atoms with Crippen LogP contribution in [0.25, 0.3) is 22.9 Å². The Morgan fingerprint density at radius 2 is 1.81 bits per heavy atom. The monoisotopic (exact) mass is 371 g/mol. The van der Waals surface area contributed by atoms with Crippen molar-refractivity contribution in [3.05, 3.63) is 39.0 Å². The van der Waals surface area contributed by atoms with E-state index in [1.165, 1.54) is 7.05 Å². The minimum Gasteiger partial charge on any atom is -0.493 e. The molecule has 9 nitrogen and oxygen atoms in total. The Labute approximate surface area is 155 Å². The fourth-order valence-electron chi connectivity index (χ4n) is 2.69. The molecule has 0 aromatic heterocycles. The van der Waals surface area contributed by atoms with Crippen LogP contribution in [0, 0.1) is 0 Å². The lowest BCUT2D eigenvalue weighted by molar-refractivity contribution is 0.355. The van der Waals surface area contributed by atoms with Crippen molar-refractivity contribution in [2.45, 2.75) is 26.3 Å². The van der Waals surface area contributed by atoms with Crippen molar-refractivity contribution in [1.82, 2.24) is 24.3 Å². The highest BCUT2D eigenvalue weighted by molar-refractivity contribution is 5.63. The predicted molar refractivity (Wildman–Crippen MR) is 99.4 cm³/mol. The average molecular weight is 371 g/mol. The zero-order chi connectivity index (χ0) is 19.6. The number of methoxy groups -OCH3 is 2. The third-order valence-corrected chi connectivity index (χ3v) is 4.25. The molecule has 0 radical (unpaired) electrons. The highest BCUT2D eigenvalue weighted by Crippen LogP contribution is 2.31. The summed E-state index contributed by atoms with van der Waals surface area (Å²) in [5.41, 5.74) is -0.361. The molecule has 142 valence electrons. The minimum atomic E-state index is -0.625. The quantitative estimate of drug-likeness (QED) is 0.644. The van der Waals surface area contributed by atoms with Crippen LogP contribution in [0.3, 0.4) is 0 Å². The van der Waals surface area contributed by atoms with Gasteiger partial charge in [0, 0.05) is 19.2 Å². The molecular formula is C18H21N5O4. The number of hydrogen-bond acceptors (Lipinski definition) is 7. The molecule has 2 aliphatic rings. The Morgan fingerprint density at radius 3 is 2.48 bits per heavy atom. The Balaban J connectivity index is 2.26. The summed E-state index contributed by atoms with van der Waals surface area (Å²) in [5.74, 6) is 1.65. The number of benzene rings is 1. The molecule has 0 fully saturated rings. The summed E-state index contributed by atoms with van der Waals surface area (Å²) in [6, 6.07) is 5.27. The first-order valence-corrected chi connectivity index (χ1v) is 8.58. The SMILES string of the molecule is CCCCn1nc(-c2ccc(OC)c(OC)c2)nc2c(=O)n(C)c(=O)nc1-2. The molecule has 0 amide bonds. The lowest BCUT2D eigenvalue weighted by Gasteiger charge is -2.15. The Morgan fingerprint density at radius 1 is 1.07 bits per heavy atom. The summed E-state index contributed by atoms with van der Waals surface area (Å²) in [4.78, 5) is 32.9. The van der Waals surface area contributed by atoms with Crippen molar-refractivity contribution in [2.75, 3.05) is 14.2 Å². The molecule has 3 rings (SSSR count). The zero-order valence-corrected chi connectivity index (χ0v) is 15.7. The van der Waals surface area contributed by atoms with Gasteiger partial charge in [0.1, 0.15) is 0 Å². The highest BCUT2D eigenvalue weighted by atomic mass is 16.5. The van der Waals surface area contributed by atoms with Gasteiger partial charge in [-0.3, -0.25) is 9.36 Å². The highest BCUT2D eigenvalue weighted by Gasteiger charge is 2.21. The second kappa shape index (κ2) is 7.56. The fourth-order valence-corrected chi connectivity index (χ4v) is 2.69. The van der Waals surface area contributed by atoms with E-state index < -0.39 is 11.2 Å². The van der Waals surface area contributed by atoms with E-state index in [1.807, 2.05) is 6.92 Å². The molecule has 0 spiro atoms. The van der Waals surface area contributed by atoms with Crippen LogP contribution in [0.15, 0.2) is 27.8 Å². The summed E-state index contributed by atoms with van der Waals surface area (Å²) >= 11 is 0. The molecule has 0 unspecified atom stereocenters. The van der Waals surface area contributed by atoms with E-state index >= 15 is 0 Å². The lowest BCUT2D eigenvalue weighted by atomic mass is 10.2. The first-order valence-electron chi connectivity index (χ1n) is 8.58. The smallest absolute Gasteiger partial charge is 0.352 e. The average Bonchev–Trinajstić information content (AvgIpc) is 2.70. The van der Waals surface area contributed by atoms with Gasteiger partial charge < -0.3 is 9.47 Å². The van der Waals surface area contributed by atoms with Crippen LogP contribution in [0.5, 0.6) is 11.5 Å². The molecule has 27 heavy (non-hydrogen) atoms. The van der Waals surface area contributed by atoms with Gasteiger partial charge >= 0.3 is 5.69 Å². The molecule has 0 aliphatic carbocycles. The summed E-state index contributed by atoms with van der Waals surface area (Å²) in [5, 5.41) is 4.51. The number of hydrogen-bond donors (Lipinski definition) is 0. The number of rotatable bonds is 6. The van der Waals surface area contributed by atoms with Crippen LogP contribution in [0.4, 0.5) is 0 Å². The fraction of sp³-hybridized carbons (Fsp3) is 0.389. The molecular weight excluding hydrogens is 350 g/mol. The van der Waals surface area contributed by atoms with Crippen LogP contribution >= 0.6 is 0 Å². The van der Waals surface area contributed by atoms with E-state index in [1.54, 1.807) is 37.1 Å². The molecule has 0 N–H and O–H groups in total. The number of aromatic nitrogens is 5.